The molecule has 2 heterocycles. The van der Waals surface area contributed by atoms with Crippen LogP contribution in [0.2, 0.25) is 0 Å². The van der Waals surface area contributed by atoms with Crippen molar-refractivity contribution in [2.45, 2.75) is 26.2 Å². The van der Waals surface area contributed by atoms with Gasteiger partial charge in [0.1, 0.15) is 0 Å². The summed E-state index contributed by atoms with van der Waals surface area (Å²) in [6.45, 7) is 2.22. The minimum absolute atomic E-state index is 1.17. The Hall–Kier alpha value is -0.890. The van der Waals surface area contributed by atoms with Crippen molar-refractivity contribution in [2.75, 3.05) is 0 Å². The quantitative estimate of drug-likeness (QED) is 0.721. The van der Waals surface area contributed by atoms with E-state index < -0.39 is 0 Å². The van der Waals surface area contributed by atoms with Gasteiger partial charge in [-0.25, -0.2) is 0 Å². The molecule has 0 aliphatic carbocycles. The molecule has 68 valence electrons. The second kappa shape index (κ2) is 3.88. The van der Waals surface area contributed by atoms with E-state index in [2.05, 4.69) is 23.4 Å². The lowest BCUT2D eigenvalue weighted by Gasteiger charge is -1.99. The highest BCUT2D eigenvalue weighted by molar-refractivity contribution is 7.17. The molecule has 1 nitrogen and oxygen atoms in total. The monoisotopic (exact) mass is 191 g/mol. The Bertz CT molecular complexity index is 392. The Kier molecular flexibility index (Phi) is 2.60. The number of unbranched alkanes of at least 4 members (excludes halogenated alkanes) is 1. The fourth-order valence-electron chi connectivity index (χ4n) is 1.49. The van der Waals surface area contributed by atoms with E-state index >= 15 is 0 Å². The van der Waals surface area contributed by atoms with Crippen LogP contribution in [-0.4, -0.2) is 4.98 Å². The summed E-state index contributed by atoms with van der Waals surface area (Å²) in [4.78, 5) is 4.24. The van der Waals surface area contributed by atoms with Crippen molar-refractivity contribution in [3.63, 3.8) is 0 Å². The van der Waals surface area contributed by atoms with Gasteiger partial charge in [-0.2, -0.15) is 0 Å². The lowest BCUT2D eigenvalue weighted by Crippen LogP contribution is -1.85. The van der Waals surface area contributed by atoms with Crippen LogP contribution in [0.4, 0.5) is 0 Å². The van der Waals surface area contributed by atoms with Gasteiger partial charge >= 0.3 is 0 Å². The largest absolute Gasteiger partial charge is 0.264 e. The fraction of sp³-hybridized carbons (Fsp3) is 0.364. The van der Waals surface area contributed by atoms with Crippen molar-refractivity contribution >= 4 is 21.4 Å². The number of fused-ring (bicyclic) bond motifs is 1. The maximum Gasteiger partial charge on any atom is 0.0405 e. The van der Waals surface area contributed by atoms with E-state index in [0.717, 1.165) is 0 Å². The molecule has 0 N–H and O–H groups in total. The minimum Gasteiger partial charge on any atom is -0.264 e. The maximum absolute atomic E-state index is 4.24. The van der Waals surface area contributed by atoms with Crippen LogP contribution in [0.1, 0.15) is 25.3 Å². The number of rotatable bonds is 3. The third-order valence-corrected chi connectivity index (χ3v) is 3.24. The molecule has 0 saturated carbocycles. The molecule has 0 radical (unpaired) electrons. The Balaban J connectivity index is 2.37. The molecule has 0 fully saturated rings. The van der Waals surface area contributed by atoms with Gasteiger partial charge in [0.25, 0.3) is 0 Å². The summed E-state index contributed by atoms with van der Waals surface area (Å²) in [6, 6.07) is 2.14. The van der Waals surface area contributed by atoms with Gasteiger partial charge in [0, 0.05) is 22.5 Å². The predicted octanol–water partition coefficient (Wildman–Crippen LogP) is 3.64. The molecule has 0 saturated heterocycles. The SMILES string of the molecule is CCCCc1cncc2ccsc12. The molecular formula is C11H13NS. The third kappa shape index (κ3) is 1.73. The first-order valence-electron chi connectivity index (χ1n) is 4.72. The van der Waals surface area contributed by atoms with Gasteiger partial charge in [-0.05, 0) is 29.9 Å². The Morgan fingerprint density at radius 2 is 2.31 bits per heavy atom. The number of nitrogens with zero attached hydrogens (tertiary/aromatic N) is 1. The van der Waals surface area contributed by atoms with Crippen molar-refractivity contribution in [1.29, 1.82) is 0 Å². The number of pyridine rings is 1. The van der Waals surface area contributed by atoms with Gasteiger partial charge in [0.15, 0.2) is 0 Å². The van der Waals surface area contributed by atoms with Crippen LogP contribution in [0.5, 0.6) is 0 Å². The average molecular weight is 191 g/mol. The number of aryl methyl sites for hydroxylation is 1. The molecule has 0 amide bonds. The molecule has 0 spiro atoms. The van der Waals surface area contributed by atoms with Crippen LogP contribution < -0.4 is 0 Å². The topological polar surface area (TPSA) is 12.9 Å². The van der Waals surface area contributed by atoms with E-state index in [-0.39, 0.29) is 0 Å². The second-order valence-corrected chi connectivity index (χ2v) is 4.16. The van der Waals surface area contributed by atoms with Gasteiger partial charge in [-0.3, -0.25) is 4.98 Å². The smallest absolute Gasteiger partial charge is 0.0405 e. The first-order chi connectivity index (χ1) is 6.42. The van der Waals surface area contributed by atoms with E-state index in [4.69, 9.17) is 0 Å². The summed E-state index contributed by atoms with van der Waals surface area (Å²) < 4.78 is 1.42. The van der Waals surface area contributed by atoms with Crippen LogP contribution in [0.3, 0.4) is 0 Å². The van der Waals surface area contributed by atoms with Gasteiger partial charge in [0.2, 0.25) is 0 Å². The molecule has 0 aliphatic rings. The van der Waals surface area contributed by atoms with Crippen LogP contribution in [0, 0.1) is 0 Å². The molecule has 2 aromatic heterocycles. The molecule has 2 rings (SSSR count). The lowest BCUT2D eigenvalue weighted by atomic mass is 10.1. The average Bonchev–Trinajstić information content (AvgIpc) is 2.62. The molecule has 0 unspecified atom stereocenters. The normalized spacial score (nSPS) is 10.8. The second-order valence-electron chi connectivity index (χ2n) is 3.24. The highest BCUT2D eigenvalue weighted by atomic mass is 32.1. The van der Waals surface area contributed by atoms with Crippen LogP contribution >= 0.6 is 11.3 Å². The van der Waals surface area contributed by atoms with Crippen molar-refractivity contribution in [3.05, 3.63) is 29.4 Å². The molecule has 0 bridgehead atoms. The first kappa shape index (κ1) is 8.70. The van der Waals surface area contributed by atoms with E-state index in [1.165, 1.54) is 34.9 Å². The Morgan fingerprint density at radius 3 is 3.15 bits per heavy atom. The molecule has 2 aromatic rings. The molecule has 0 aromatic carbocycles. The predicted molar refractivity (Wildman–Crippen MR) is 58.2 cm³/mol. The summed E-state index contributed by atoms with van der Waals surface area (Å²) in [6.07, 6.45) is 7.64. The molecule has 0 aliphatic heterocycles. The summed E-state index contributed by atoms with van der Waals surface area (Å²) in [5.41, 5.74) is 1.41. The maximum atomic E-state index is 4.24. The van der Waals surface area contributed by atoms with E-state index in [1.54, 1.807) is 0 Å². The van der Waals surface area contributed by atoms with Crippen LogP contribution in [-0.2, 0) is 6.42 Å². The Morgan fingerprint density at radius 1 is 1.38 bits per heavy atom. The highest BCUT2D eigenvalue weighted by Gasteiger charge is 2.01. The molecule has 0 atom stereocenters. The zero-order valence-corrected chi connectivity index (χ0v) is 8.60. The Labute approximate surface area is 82.4 Å². The van der Waals surface area contributed by atoms with E-state index in [1.807, 2.05) is 23.7 Å². The zero-order valence-electron chi connectivity index (χ0n) is 7.79. The number of thiophene rings is 1. The lowest BCUT2D eigenvalue weighted by molar-refractivity contribution is 0.797. The molecular weight excluding hydrogens is 178 g/mol. The van der Waals surface area contributed by atoms with Gasteiger partial charge < -0.3 is 0 Å². The van der Waals surface area contributed by atoms with Crippen molar-refractivity contribution in [2.24, 2.45) is 0 Å². The van der Waals surface area contributed by atoms with Crippen LogP contribution in [0.25, 0.3) is 10.1 Å². The summed E-state index contributed by atoms with van der Waals surface area (Å²) in [5, 5.41) is 3.43. The number of hydrogen-bond acceptors (Lipinski definition) is 2. The highest BCUT2D eigenvalue weighted by Crippen LogP contribution is 2.24. The van der Waals surface area contributed by atoms with Crippen molar-refractivity contribution in [3.8, 4) is 0 Å². The third-order valence-electron chi connectivity index (χ3n) is 2.23. The minimum atomic E-state index is 1.17. The summed E-state index contributed by atoms with van der Waals surface area (Å²) in [7, 11) is 0. The standard InChI is InChI=1S/C11H13NS/c1-2-3-4-9-7-12-8-10-5-6-13-11(9)10/h5-8H,2-4H2,1H3. The zero-order chi connectivity index (χ0) is 9.10. The van der Waals surface area contributed by atoms with Gasteiger partial charge in [0.05, 0.1) is 0 Å². The number of aromatic nitrogens is 1. The summed E-state index contributed by atoms with van der Waals surface area (Å²) in [5.74, 6) is 0. The van der Waals surface area contributed by atoms with Crippen molar-refractivity contribution < 1.29 is 0 Å². The van der Waals surface area contributed by atoms with E-state index in [9.17, 15) is 0 Å². The fourth-order valence-corrected chi connectivity index (χ4v) is 2.41. The van der Waals surface area contributed by atoms with Gasteiger partial charge in [-0.1, -0.05) is 13.3 Å². The van der Waals surface area contributed by atoms with Gasteiger partial charge in [-0.15, -0.1) is 11.3 Å². The van der Waals surface area contributed by atoms with E-state index in [0.29, 0.717) is 0 Å². The molecule has 2 heteroatoms. The first-order valence-corrected chi connectivity index (χ1v) is 5.60. The number of hydrogen-bond donors (Lipinski definition) is 0. The summed E-state index contributed by atoms with van der Waals surface area (Å²) >= 11 is 1.82. The van der Waals surface area contributed by atoms with Crippen LogP contribution in [0.15, 0.2) is 23.8 Å². The van der Waals surface area contributed by atoms with Crippen molar-refractivity contribution in [1.82, 2.24) is 4.98 Å². The molecule has 13 heavy (non-hydrogen) atoms.